The van der Waals surface area contributed by atoms with Crippen molar-refractivity contribution in [1.82, 2.24) is 0 Å². The Morgan fingerprint density at radius 1 is 1.57 bits per heavy atom. The van der Waals surface area contributed by atoms with Gasteiger partial charge in [0.05, 0.1) is 12.7 Å². The minimum Gasteiger partial charge on any atom is -0.465 e. The van der Waals surface area contributed by atoms with E-state index in [4.69, 9.17) is 0 Å². The lowest BCUT2D eigenvalue weighted by atomic mass is 10.1. The summed E-state index contributed by atoms with van der Waals surface area (Å²) in [5, 5.41) is 0. The molecule has 0 amide bonds. The molecule has 1 aromatic rings. The van der Waals surface area contributed by atoms with Crippen molar-refractivity contribution in [2.45, 2.75) is 13.3 Å². The van der Waals surface area contributed by atoms with Gasteiger partial charge in [0.1, 0.15) is 5.82 Å². The van der Waals surface area contributed by atoms with Crippen molar-refractivity contribution >= 4 is 21.9 Å². The Bertz CT molecular complexity index is 363. The second-order valence-electron chi connectivity index (χ2n) is 2.77. The van der Waals surface area contributed by atoms with Crippen LogP contribution in [-0.2, 0) is 11.2 Å². The second kappa shape index (κ2) is 4.55. The molecule has 0 unspecified atom stereocenters. The Kier molecular flexibility index (Phi) is 3.63. The van der Waals surface area contributed by atoms with Gasteiger partial charge in [0.15, 0.2) is 0 Å². The molecule has 1 rings (SSSR count). The second-order valence-corrected chi connectivity index (χ2v) is 3.62. The van der Waals surface area contributed by atoms with Gasteiger partial charge in [0.25, 0.3) is 0 Å². The number of rotatable bonds is 2. The van der Waals surface area contributed by atoms with E-state index in [1.807, 2.05) is 6.92 Å². The van der Waals surface area contributed by atoms with E-state index in [2.05, 4.69) is 20.7 Å². The third-order valence-electron chi connectivity index (χ3n) is 1.92. The van der Waals surface area contributed by atoms with Gasteiger partial charge in [-0.15, -0.1) is 0 Å². The van der Waals surface area contributed by atoms with Crippen molar-refractivity contribution in [3.8, 4) is 0 Å². The van der Waals surface area contributed by atoms with E-state index >= 15 is 0 Å². The number of aryl methyl sites for hydroxylation is 1. The maximum absolute atomic E-state index is 13.3. The Hall–Kier alpha value is -0.900. The van der Waals surface area contributed by atoms with Crippen LogP contribution in [0.5, 0.6) is 0 Å². The number of carbonyl (C=O) groups is 1. The Balaban J connectivity index is 3.21. The van der Waals surface area contributed by atoms with Crippen molar-refractivity contribution in [2.75, 3.05) is 7.11 Å². The number of carbonyl (C=O) groups excluding carboxylic acids is 1. The summed E-state index contributed by atoms with van der Waals surface area (Å²) in [7, 11) is 1.26. The van der Waals surface area contributed by atoms with E-state index in [-0.39, 0.29) is 11.4 Å². The van der Waals surface area contributed by atoms with Crippen molar-refractivity contribution in [1.29, 1.82) is 0 Å². The van der Waals surface area contributed by atoms with E-state index < -0.39 is 5.97 Å². The summed E-state index contributed by atoms with van der Waals surface area (Å²) in [6.07, 6.45) is 0.589. The van der Waals surface area contributed by atoms with Crippen LogP contribution in [0.4, 0.5) is 4.39 Å². The van der Waals surface area contributed by atoms with E-state index in [0.717, 1.165) is 0 Å². The molecule has 0 heterocycles. The van der Waals surface area contributed by atoms with Gasteiger partial charge in [-0.25, -0.2) is 9.18 Å². The van der Waals surface area contributed by atoms with Crippen LogP contribution in [0.25, 0.3) is 0 Å². The third kappa shape index (κ3) is 2.12. The topological polar surface area (TPSA) is 26.3 Å². The minimum atomic E-state index is -0.543. The van der Waals surface area contributed by atoms with E-state index in [1.54, 1.807) is 6.07 Å². The fourth-order valence-electron chi connectivity index (χ4n) is 1.13. The van der Waals surface area contributed by atoms with Crippen molar-refractivity contribution < 1.29 is 13.9 Å². The lowest BCUT2D eigenvalue weighted by Crippen LogP contribution is -2.04. The van der Waals surface area contributed by atoms with Gasteiger partial charge in [0.2, 0.25) is 0 Å². The number of esters is 1. The molecule has 0 fully saturated rings. The van der Waals surface area contributed by atoms with Gasteiger partial charge < -0.3 is 4.74 Å². The van der Waals surface area contributed by atoms with Crippen LogP contribution in [-0.4, -0.2) is 13.1 Å². The molecular formula is C10H10BrFO2. The highest BCUT2D eigenvalue weighted by Gasteiger charge is 2.13. The van der Waals surface area contributed by atoms with Crippen molar-refractivity contribution in [2.24, 2.45) is 0 Å². The first-order chi connectivity index (χ1) is 6.60. The van der Waals surface area contributed by atoms with Crippen molar-refractivity contribution in [3.63, 3.8) is 0 Å². The van der Waals surface area contributed by atoms with Crippen LogP contribution >= 0.6 is 15.9 Å². The summed E-state index contributed by atoms with van der Waals surface area (Å²) in [4.78, 5) is 11.2. The average molecular weight is 261 g/mol. The normalized spacial score (nSPS) is 10.0. The largest absolute Gasteiger partial charge is 0.465 e. The SMILES string of the molecule is CCc1cc(Br)c(C(=O)OC)cc1F. The fourth-order valence-corrected chi connectivity index (χ4v) is 1.68. The summed E-state index contributed by atoms with van der Waals surface area (Å²) >= 11 is 3.20. The Labute approximate surface area is 90.2 Å². The highest BCUT2D eigenvalue weighted by Crippen LogP contribution is 2.22. The first kappa shape index (κ1) is 11.2. The Morgan fingerprint density at radius 3 is 2.71 bits per heavy atom. The molecule has 0 saturated heterocycles. The molecule has 0 aliphatic carbocycles. The average Bonchev–Trinajstić information content (AvgIpc) is 2.19. The maximum Gasteiger partial charge on any atom is 0.339 e. The van der Waals surface area contributed by atoms with Gasteiger partial charge in [-0.2, -0.15) is 0 Å². The first-order valence-electron chi connectivity index (χ1n) is 4.16. The molecule has 0 radical (unpaired) electrons. The van der Waals surface area contributed by atoms with E-state index in [9.17, 15) is 9.18 Å². The van der Waals surface area contributed by atoms with Crippen LogP contribution < -0.4 is 0 Å². The van der Waals surface area contributed by atoms with E-state index in [1.165, 1.54) is 13.2 Å². The monoisotopic (exact) mass is 260 g/mol. The van der Waals surface area contributed by atoms with Gasteiger partial charge in [-0.1, -0.05) is 6.92 Å². The van der Waals surface area contributed by atoms with Crippen LogP contribution in [0, 0.1) is 5.82 Å². The number of ether oxygens (including phenoxy) is 1. The first-order valence-corrected chi connectivity index (χ1v) is 4.95. The zero-order valence-corrected chi connectivity index (χ0v) is 9.52. The molecule has 0 spiro atoms. The van der Waals surface area contributed by atoms with Crippen LogP contribution in [0.2, 0.25) is 0 Å². The number of benzene rings is 1. The smallest absolute Gasteiger partial charge is 0.339 e. The molecule has 0 aliphatic heterocycles. The third-order valence-corrected chi connectivity index (χ3v) is 2.58. The lowest BCUT2D eigenvalue weighted by Gasteiger charge is -2.05. The fraction of sp³-hybridized carbons (Fsp3) is 0.300. The van der Waals surface area contributed by atoms with Gasteiger partial charge in [0, 0.05) is 4.47 Å². The number of methoxy groups -OCH3 is 1. The number of hydrogen-bond acceptors (Lipinski definition) is 2. The summed E-state index contributed by atoms with van der Waals surface area (Å²) in [5.74, 6) is -0.922. The molecule has 0 saturated carbocycles. The minimum absolute atomic E-state index is 0.210. The summed E-state index contributed by atoms with van der Waals surface area (Å²) in [6, 6.07) is 2.79. The molecule has 0 atom stereocenters. The molecule has 76 valence electrons. The molecule has 0 aromatic heterocycles. The molecule has 14 heavy (non-hydrogen) atoms. The van der Waals surface area contributed by atoms with Crippen LogP contribution in [0.3, 0.4) is 0 Å². The molecule has 0 N–H and O–H groups in total. The van der Waals surface area contributed by atoms with Crippen LogP contribution in [0.1, 0.15) is 22.8 Å². The predicted octanol–water partition coefficient (Wildman–Crippen LogP) is 2.94. The quantitative estimate of drug-likeness (QED) is 0.765. The maximum atomic E-state index is 13.3. The van der Waals surface area contributed by atoms with E-state index in [0.29, 0.717) is 16.5 Å². The van der Waals surface area contributed by atoms with Gasteiger partial charge in [-0.3, -0.25) is 0 Å². The molecular weight excluding hydrogens is 251 g/mol. The molecule has 0 bridgehead atoms. The standard InChI is InChI=1S/C10H10BrFO2/c1-3-6-4-8(11)7(5-9(6)12)10(13)14-2/h4-5H,3H2,1-2H3. The van der Waals surface area contributed by atoms with Crippen LogP contribution in [0.15, 0.2) is 16.6 Å². The summed E-state index contributed by atoms with van der Waals surface area (Å²) < 4.78 is 18.4. The Morgan fingerprint density at radius 2 is 2.21 bits per heavy atom. The van der Waals surface area contributed by atoms with Gasteiger partial charge in [-0.05, 0) is 40.0 Å². The predicted molar refractivity (Wildman–Crippen MR) is 54.8 cm³/mol. The lowest BCUT2D eigenvalue weighted by molar-refractivity contribution is 0.0599. The highest BCUT2D eigenvalue weighted by molar-refractivity contribution is 9.10. The summed E-state index contributed by atoms with van der Waals surface area (Å²) in [5.41, 5.74) is 0.784. The zero-order valence-electron chi connectivity index (χ0n) is 7.93. The highest BCUT2D eigenvalue weighted by atomic mass is 79.9. The molecule has 1 aromatic carbocycles. The molecule has 4 heteroatoms. The number of halogens is 2. The zero-order chi connectivity index (χ0) is 10.7. The van der Waals surface area contributed by atoms with Crippen molar-refractivity contribution in [3.05, 3.63) is 33.5 Å². The van der Waals surface area contributed by atoms with Gasteiger partial charge >= 0.3 is 5.97 Å². The molecule has 0 aliphatic rings. The summed E-state index contributed by atoms with van der Waals surface area (Å²) in [6.45, 7) is 1.85. The number of hydrogen-bond donors (Lipinski definition) is 0. The molecule has 2 nitrogen and oxygen atoms in total.